The molecule has 2 aromatic carbocycles. The van der Waals surface area contributed by atoms with Gasteiger partial charge in [0.2, 0.25) is 0 Å². The van der Waals surface area contributed by atoms with Crippen LogP contribution in [0.2, 0.25) is 0 Å². The van der Waals surface area contributed by atoms with Crippen molar-refractivity contribution in [3.63, 3.8) is 0 Å². The molecule has 0 aliphatic carbocycles. The molecule has 104 valence electrons. The minimum atomic E-state index is -1.18. The fourth-order valence-corrected chi connectivity index (χ4v) is 1.93. The zero-order chi connectivity index (χ0) is 14.9. The first kappa shape index (κ1) is 13.9. The van der Waals surface area contributed by atoms with Crippen LogP contribution in [0.15, 0.2) is 36.4 Å². The number of carboxylic acids is 1. The summed E-state index contributed by atoms with van der Waals surface area (Å²) in [5.74, 6) is -1.74. The van der Waals surface area contributed by atoms with Crippen LogP contribution in [0.25, 0.3) is 0 Å². The number of aromatic carboxylic acids is 1. The summed E-state index contributed by atoms with van der Waals surface area (Å²) in [7, 11) is 1.67. The van der Waals surface area contributed by atoms with Crippen LogP contribution in [-0.4, -0.2) is 18.1 Å². The molecule has 0 fully saturated rings. The molecule has 0 saturated heterocycles. The van der Waals surface area contributed by atoms with Gasteiger partial charge in [-0.1, -0.05) is 17.7 Å². The highest BCUT2D eigenvalue weighted by molar-refractivity contribution is 5.95. The van der Waals surface area contributed by atoms with E-state index in [2.05, 4.69) is 0 Å². The van der Waals surface area contributed by atoms with Crippen molar-refractivity contribution in [2.24, 2.45) is 0 Å². The topological polar surface area (TPSA) is 66.6 Å². The summed E-state index contributed by atoms with van der Waals surface area (Å²) in [5, 5.41) is 9.05. The fraction of sp³-hybridized carbons (Fsp3) is 0.133. The molecule has 0 spiro atoms. The van der Waals surface area contributed by atoms with Gasteiger partial charge in [0.25, 0.3) is 0 Å². The van der Waals surface area contributed by atoms with Crippen molar-refractivity contribution >= 4 is 23.0 Å². The molecule has 4 nitrogen and oxygen atoms in total. The summed E-state index contributed by atoms with van der Waals surface area (Å²) in [6.45, 7) is 1.95. The number of carbonyl (C=O) groups is 1. The van der Waals surface area contributed by atoms with Gasteiger partial charge in [0, 0.05) is 18.4 Å². The maximum atomic E-state index is 14.0. The average Bonchev–Trinajstić information content (AvgIpc) is 2.38. The highest BCUT2D eigenvalue weighted by atomic mass is 19.1. The molecular formula is C15H15FN2O2. The van der Waals surface area contributed by atoms with Crippen molar-refractivity contribution in [1.29, 1.82) is 0 Å². The molecule has 0 aromatic heterocycles. The third-order valence-corrected chi connectivity index (χ3v) is 3.13. The molecule has 0 saturated carbocycles. The summed E-state index contributed by atoms with van der Waals surface area (Å²) >= 11 is 0. The van der Waals surface area contributed by atoms with Crippen LogP contribution in [0.5, 0.6) is 0 Å². The lowest BCUT2D eigenvalue weighted by atomic mass is 10.1. The lowest BCUT2D eigenvalue weighted by molar-refractivity contribution is 0.0698. The van der Waals surface area contributed by atoms with E-state index in [1.54, 1.807) is 11.9 Å². The predicted molar refractivity (Wildman–Crippen MR) is 77.0 cm³/mol. The summed E-state index contributed by atoms with van der Waals surface area (Å²) in [4.78, 5) is 12.7. The SMILES string of the molecule is Cc1ccc(N(C)c2cc(C(=O)O)c(N)cc2F)cc1. The van der Waals surface area contributed by atoms with Gasteiger partial charge in [-0.15, -0.1) is 0 Å². The molecule has 20 heavy (non-hydrogen) atoms. The number of anilines is 3. The van der Waals surface area contributed by atoms with Gasteiger partial charge in [-0.3, -0.25) is 0 Å². The summed E-state index contributed by atoms with van der Waals surface area (Å²) in [6, 6.07) is 9.76. The Hall–Kier alpha value is -2.56. The van der Waals surface area contributed by atoms with Crippen LogP contribution in [0, 0.1) is 12.7 Å². The molecule has 0 aliphatic heterocycles. The second-order valence-corrected chi connectivity index (χ2v) is 4.59. The van der Waals surface area contributed by atoms with Crippen LogP contribution in [0.4, 0.5) is 21.5 Å². The highest BCUT2D eigenvalue weighted by Crippen LogP contribution is 2.30. The smallest absolute Gasteiger partial charge is 0.337 e. The first-order valence-electron chi connectivity index (χ1n) is 6.03. The number of carboxylic acid groups (broad SMARTS) is 1. The number of benzene rings is 2. The number of rotatable bonds is 3. The minimum Gasteiger partial charge on any atom is -0.478 e. The number of nitrogens with two attached hydrogens (primary N) is 1. The van der Waals surface area contributed by atoms with Crippen LogP contribution in [-0.2, 0) is 0 Å². The summed E-state index contributed by atoms with van der Waals surface area (Å²) in [6.07, 6.45) is 0. The molecule has 0 amide bonds. The van der Waals surface area contributed by atoms with E-state index < -0.39 is 11.8 Å². The molecule has 0 bridgehead atoms. The Morgan fingerprint density at radius 1 is 1.25 bits per heavy atom. The largest absolute Gasteiger partial charge is 0.478 e. The van der Waals surface area contributed by atoms with Gasteiger partial charge < -0.3 is 15.7 Å². The molecule has 3 N–H and O–H groups in total. The fourth-order valence-electron chi connectivity index (χ4n) is 1.93. The van der Waals surface area contributed by atoms with E-state index >= 15 is 0 Å². The van der Waals surface area contributed by atoms with Gasteiger partial charge >= 0.3 is 5.97 Å². The van der Waals surface area contributed by atoms with Crippen LogP contribution >= 0.6 is 0 Å². The zero-order valence-electron chi connectivity index (χ0n) is 11.2. The molecule has 0 radical (unpaired) electrons. The maximum absolute atomic E-state index is 14.0. The first-order valence-corrected chi connectivity index (χ1v) is 6.03. The average molecular weight is 274 g/mol. The number of nitrogens with zero attached hydrogens (tertiary/aromatic N) is 1. The van der Waals surface area contributed by atoms with Gasteiger partial charge in [0.05, 0.1) is 11.3 Å². The second kappa shape index (κ2) is 5.21. The number of hydrogen-bond donors (Lipinski definition) is 2. The molecule has 2 aromatic rings. The van der Waals surface area contributed by atoms with Crippen molar-refractivity contribution in [3.8, 4) is 0 Å². The summed E-state index contributed by atoms with van der Waals surface area (Å²) < 4.78 is 14.0. The second-order valence-electron chi connectivity index (χ2n) is 4.59. The van der Waals surface area contributed by atoms with Crippen molar-refractivity contribution < 1.29 is 14.3 Å². The quantitative estimate of drug-likeness (QED) is 0.844. The molecule has 0 aliphatic rings. The van der Waals surface area contributed by atoms with E-state index in [0.29, 0.717) is 0 Å². The van der Waals surface area contributed by atoms with Crippen LogP contribution in [0.3, 0.4) is 0 Å². The first-order chi connectivity index (χ1) is 9.40. The monoisotopic (exact) mass is 274 g/mol. The van der Waals surface area contributed by atoms with E-state index in [1.807, 2.05) is 31.2 Å². The number of nitrogen functional groups attached to an aromatic ring is 1. The van der Waals surface area contributed by atoms with Crippen LogP contribution in [0.1, 0.15) is 15.9 Å². The van der Waals surface area contributed by atoms with Gasteiger partial charge in [0.1, 0.15) is 5.82 Å². The number of aryl methyl sites for hydroxylation is 1. The molecule has 5 heteroatoms. The van der Waals surface area contributed by atoms with Gasteiger partial charge in [-0.2, -0.15) is 0 Å². The Labute approximate surface area is 116 Å². The van der Waals surface area contributed by atoms with Crippen molar-refractivity contribution in [1.82, 2.24) is 0 Å². The van der Waals surface area contributed by atoms with E-state index in [9.17, 15) is 9.18 Å². The highest BCUT2D eigenvalue weighted by Gasteiger charge is 2.16. The number of halogens is 1. The third kappa shape index (κ3) is 2.56. The van der Waals surface area contributed by atoms with Gasteiger partial charge in [0.15, 0.2) is 0 Å². The third-order valence-electron chi connectivity index (χ3n) is 3.13. The van der Waals surface area contributed by atoms with E-state index in [-0.39, 0.29) is 16.9 Å². The molecular weight excluding hydrogens is 259 g/mol. The Kier molecular flexibility index (Phi) is 3.61. The van der Waals surface area contributed by atoms with Gasteiger partial charge in [-0.25, -0.2) is 9.18 Å². The standard InChI is InChI=1S/C15H15FN2O2/c1-9-3-5-10(6-4-9)18(2)14-7-11(15(19)20)13(17)8-12(14)16/h3-8H,17H2,1-2H3,(H,19,20). The van der Waals surface area contributed by atoms with E-state index in [1.165, 1.54) is 6.07 Å². The normalized spacial score (nSPS) is 10.3. The lowest BCUT2D eigenvalue weighted by Crippen LogP contribution is -2.13. The lowest BCUT2D eigenvalue weighted by Gasteiger charge is -2.21. The Balaban J connectivity index is 2.48. The zero-order valence-corrected chi connectivity index (χ0v) is 11.2. The minimum absolute atomic E-state index is 0.0870. The van der Waals surface area contributed by atoms with E-state index in [4.69, 9.17) is 10.8 Å². The molecule has 0 unspecified atom stereocenters. The molecule has 0 heterocycles. The Morgan fingerprint density at radius 2 is 1.85 bits per heavy atom. The number of hydrogen-bond acceptors (Lipinski definition) is 3. The predicted octanol–water partition coefficient (Wildman–Crippen LogP) is 3.18. The Bertz CT molecular complexity index is 654. The maximum Gasteiger partial charge on any atom is 0.337 e. The van der Waals surface area contributed by atoms with Crippen LogP contribution < -0.4 is 10.6 Å². The van der Waals surface area contributed by atoms with Gasteiger partial charge in [-0.05, 0) is 31.2 Å². The van der Waals surface area contributed by atoms with E-state index in [0.717, 1.165) is 17.3 Å². The van der Waals surface area contributed by atoms with Crippen molar-refractivity contribution in [2.75, 3.05) is 17.7 Å². The summed E-state index contributed by atoms with van der Waals surface area (Å²) in [5.41, 5.74) is 7.33. The molecule has 0 atom stereocenters. The molecule has 2 rings (SSSR count). The van der Waals surface area contributed by atoms with Crippen molar-refractivity contribution in [2.45, 2.75) is 6.92 Å². The Morgan fingerprint density at radius 3 is 2.40 bits per heavy atom. The van der Waals surface area contributed by atoms with Crippen molar-refractivity contribution in [3.05, 3.63) is 53.3 Å².